The first-order valence-electron chi connectivity index (χ1n) is 4.34. The third kappa shape index (κ3) is 2.22. The van der Waals surface area contributed by atoms with Crippen molar-refractivity contribution in [3.8, 4) is 0 Å². The Balaban J connectivity index is 2.52. The monoisotopic (exact) mass is 172 g/mol. The van der Waals surface area contributed by atoms with Crippen LogP contribution in [0.15, 0.2) is 11.8 Å². The second kappa shape index (κ2) is 4.48. The number of rotatable bonds is 2. The number of allylic oxidation sites excluding steroid dienone is 1. The molecule has 12 heavy (non-hydrogen) atoms. The van der Waals surface area contributed by atoms with Gasteiger partial charge < -0.3 is 15.3 Å². The van der Waals surface area contributed by atoms with E-state index in [0.29, 0.717) is 0 Å². The van der Waals surface area contributed by atoms with Crippen LogP contribution in [0, 0.1) is 11.8 Å². The van der Waals surface area contributed by atoms with Crippen LogP contribution in [0.1, 0.15) is 19.3 Å². The molecule has 0 bridgehead atoms. The summed E-state index contributed by atoms with van der Waals surface area (Å²) >= 11 is 0. The Morgan fingerprint density at radius 3 is 2.00 bits per heavy atom. The van der Waals surface area contributed by atoms with Gasteiger partial charge in [-0.15, -0.1) is 0 Å². The van der Waals surface area contributed by atoms with Gasteiger partial charge in [0.2, 0.25) is 0 Å². The molecule has 0 aliphatic heterocycles. The minimum atomic E-state index is 0.147. The quantitative estimate of drug-likeness (QED) is 0.541. The van der Waals surface area contributed by atoms with Gasteiger partial charge in [0.05, 0.1) is 6.26 Å². The molecular weight excluding hydrogens is 156 g/mol. The van der Waals surface area contributed by atoms with E-state index in [4.69, 9.17) is 15.3 Å². The maximum atomic E-state index is 8.93. The van der Waals surface area contributed by atoms with Gasteiger partial charge in [-0.05, 0) is 36.7 Å². The lowest BCUT2D eigenvalue weighted by Crippen LogP contribution is -2.22. The van der Waals surface area contributed by atoms with Crippen LogP contribution in [0.3, 0.4) is 0 Å². The van der Waals surface area contributed by atoms with Crippen LogP contribution in [-0.4, -0.2) is 28.5 Å². The molecule has 3 heteroatoms. The van der Waals surface area contributed by atoms with Gasteiger partial charge in [0, 0.05) is 13.2 Å². The Kier molecular flexibility index (Phi) is 3.56. The van der Waals surface area contributed by atoms with E-state index in [9.17, 15) is 0 Å². The molecule has 1 aliphatic carbocycles. The van der Waals surface area contributed by atoms with Crippen LogP contribution < -0.4 is 0 Å². The van der Waals surface area contributed by atoms with Crippen molar-refractivity contribution in [3.05, 3.63) is 11.8 Å². The molecule has 0 radical (unpaired) electrons. The van der Waals surface area contributed by atoms with Crippen molar-refractivity contribution >= 4 is 0 Å². The molecule has 1 aliphatic rings. The molecule has 0 aromatic rings. The van der Waals surface area contributed by atoms with Crippen molar-refractivity contribution in [1.29, 1.82) is 0 Å². The third-order valence-corrected chi connectivity index (χ3v) is 2.47. The number of hydrogen-bond acceptors (Lipinski definition) is 3. The second-order valence-electron chi connectivity index (χ2n) is 3.53. The summed E-state index contributed by atoms with van der Waals surface area (Å²) in [5, 5.41) is 26.6. The predicted octanol–water partition coefficient (Wildman–Crippen LogP) is 0.829. The number of aliphatic hydroxyl groups excluding tert-OH is 3. The van der Waals surface area contributed by atoms with Crippen molar-refractivity contribution in [3.63, 3.8) is 0 Å². The average molecular weight is 172 g/mol. The molecule has 0 unspecified atom stereocenters. The Labute approximate surface area is 72.3 Å². The van der Waals surface area contributed by atoms with E-state index in [1.807, 2.05) is 0 Å². The zero-order chi connectivity index (χ0) is 8.97. The summed E-state index contributed by atoms with van der Waals surface area (Å²) in [6.45, 7) is 0.293. The molecular formula is C9H16O3. The smallest absolute Gasteiger partial charge is 0.0783 e. The molecule has 2 atom stereocenters. The highest BCUT2D eigenvalue weighted by atomic mass is 16.3. The Morgan fingerprint density at radius 1 is 1.17 bits per heavy atom. The van der Waals surface area contributed by atoms with E-state index in [1.54, 1.807) is 0 Å². The molecule has 0 heterocycles. The topological polar surface area (TPSA) is 60.7 Å². The van der Waals surface area contributed by atoms with E-state index in [-0.39, 0.29) is 25.0 Å². The highest BCUT2D eigenvalue weighted by Gasteiger charge is 2.23. The van der Waals surface area contributed by atoms with Crippen molar-refractivity contribution < 1.29 is 15.3 Å². The van der Waals surface area contributed by atoms with Gasteiger partial charge in [-0.2, -0.15) is 0 Å². The normalized spacial score (nSPS) is 34.0. The van der Waals surface area contributed by atoms with Crippen molar-refractivity contribution in [2.24, 2.45) is 11.8 Å². The molecule has 0 aromatic heterocycles. The number of hydrogen-bond donors (Lipinski definition) is 3. The van der Waals surface area contributed by atoms with Crippen LogP contribution >= 0.6 is 0 Å². The minimum absolute atomic E-state index is 0.147. The maximum absolute atomic E-state index is 8.93. The summed E-state index contributed by atoms with van der Waals surface area (Å²) in [6.07, 6.45) is 3.52. The lowest BCUT2D eigenvalue weighted by molar-refractivity contribution is 0.140. The van der Waals surface area contributed by atoms with Crippen molar-refractivity contribution in [2.45, 2.75) is 19.3 Å². The van der Waals surface area contributed by atoms with Crippen LogP contribution in [0.2, 0.25) is 0 Å². The lowest BCUT2D eigenvalue weighted by Gasteiger charge is -2.28. The zero-order valence-corrected chi connectivity index (χ0v) is 7.11. The van der Waals surface area contributed by atoms with E-state index in [2.05, 4.69) is 0 Å². The van der Waals surface area contributed by atoms with Crippen LogP contribution in [-0.2, 0) is 0 Å². The van der Waals surface area contributed by atoms with Gasteiger partial charge in [-0.1, -0.05) is 0 Å². The summed E-state index contributed by atoms with van der Waals surface area (Å²) < 4.78 is 0. The van der Waals surface area contributed by atoms with Gasteiger partial charge in [-0.25, -0.2) is 0 Å². The summed E-state index contributed by atoms with van der Waals surface area (Å²) in [4.78, 5) is 0. The van der Waals surface area contributed by atoms with Crippen LogP contribution in [0.4, 0.5) is 0 Å². The maximum Gasteiger partial charge on any atom is 0.0783 e. The molecule has 1 fully saturated rings. The SMILES string of the molecule is O/C=C1\C[C@@H](CO)C[C@@H](CO)C1. The Bertz CT molecular complexity index is 151. The molecule has 0 saturated heterocycles. The molecule has 0 spiro atoms. The van der Waals surface area contributed by atoms with Gasteiger partial charge in [-0.3, -0.25) is 0 Å². The molecule has 0 aromatic carbocycles. The summed E-state index contributed by atoms with van der Waals surface area (Å²) in [7, 11) is 0. The fourth-order valence-electron chi connectivity index (χ4n) is 1.85. The highest BCUT2D eigenvalue weighted by molar-refractivity contribution is 5.04. The van der Waals surface area contributed by atoms with Gasteiger partial charge >= 0.3 is 0 Å². The fraction of sp³-hybridized carbons (Fsp3) is 0.778. The van der Waals surface area contributed by atoms with Crippen LogP contribution in [0.5, 0.6) is 0 Å². The van der Waals surface area contributed by atoms with Crippen molar-refractivity contribution in [2.75, 3.05) is 13.2 Å². The zero-order valence-electron chi connectivity index (χ0n) is 7.11. The van der Waals surface area contributed by atoms with Gasteiger partial charge in [0.1, 0.15) is 0 Å². The second-order valence-corrected chi connectivity index (χ2v) is 3.53. The van der Waals surface area contributed by atoms with E-state index >= 15 is 0 Å². The highest BCUT2D eigenvalue weighted by Crippen LogP contribution is 2.31. The van der Waals surface area contributed by atoms with E-state index in [0.717, 1.165) is 31.1 Å². The minimum Gasteiger partial charge on any atom is -0.516 e. The first kappa shape index (κ1) is 9.55. The van der Waals surface area contributed by atoms with E-state index < -0.39 is 0 Å². The van der Waals surface area contributed by atoms with Crippen molar-refractivity contribution in [1.82, 2.24) is 0 Å². The predicted molar refractivity (Wildman–Crippen MR) is 45.7 cm³/mol. The Hall–Kier alpha value is -0.540. The third-order valence-electron chi connectivity index (χ3n) is 2.47. The first-order chi connectivity index (χ1) is 5.80. The molecule has 70 valence electrons. The van der Waals surface area contributed by atoms with Gasteiger partial charge in [0.15, 0.2) is 0 Å². The molecule has 1 rings (SSSR count). The average Bonchev–Trinajstić information content (AvgIpc) is 2.16. The molecule has 1 saturated carbocycles. The van der Waals surface area contributed by atoms with Gasteiger partial charge in [0.25, 0.3) is 0 Å². The standard InChI is InChI=1S/C9H16O3/c10-4-7-1-8(5-11)3-9(2-7)6-12/h4,8-12H,1-3,5-6H2/b7-4-/t8-,9+/m0/s1. The lowest BCUT2D eigenvalue weighted by atomic mass is 9.79. The van der Waals surface area contributed by atoms with Crippen LogP contribution in [0.25, 0.3) is 0 Å². The molecule has 3 N–H and O–H groups in total. The first-order valence-corrected chi connectivity index (χ1v) is 4.34. The summed E-state index contributed by atoms with van der Waals surface area (Å²) in [5.41, 5.74) is 0.944. The summed E-state index contributed by atoms with van der Waals surface area (Å²) in [5.74, 6) is 0.434. The Morgan fingerprint density at radius 2 is 1.67 bits per heavy atom. The van der Waals surface area contributed by atoms with E-state index in [1.165, 1.54) is 0 Å². The molecule has 3 nitrogen and oxygen atoms in total. The molecule has 0 amide bonds. The fourth-order valence-corrected chi connectivity index (χ4v) is 1.85. The number of aliphatic hydroxyl groups is 3. The largest absolute Gasteiger partial charge is 0.516 e. The summed E-state index contributed by atoms with van der Waals surface area (Å²) in [6, 6.07) is 0.